The average molecular weight is 166 g/mol. The van der Waals surface area contributed by atoms with E-state index in [1.807, 2.05) is 19.1 Å². The number of hydrogen-bond donors (Lipinski definition) is 3. The van der Waals surface area contributed by atoms with Crippen molar-refractivity contribution >= 4 is 18.5 Å². The van der Waals surface area contributed by atoms with Crippen molar-refractivity contribution < 1.29 is 0 Å². The maximum Gasteiger partial charge on any atom is 0.122 e. The summed E-state index contributed by atoms with van der Waals surface area (Å²) in [6.45, 7) is 1.95. The molecule has 0 heterocycles. The number of amidine groups is 1. The van der Waals surface area contributed by atoms with Crippen molar-refractivity contribution in [3.05, 3.63) is 29.3 Å². The first kappa shape index (κ1) is 8.14. The number of aryl methyl sites for hydroxylation is 1. The van der Waals surface area contributed by atoms with Gasteiger partial charge in [-0.25, -0.2) is 0 Å². The average Bonchev–Trinajstić information content (AvgIpc) is 1.85. The molecule has 0 fully saturated rings. The van der Waals surface area contributed by atoms with Gasteiger partial charge >= 0.3 is 0 Å². The van der Waals surface area contributed by atoms with E-state index in [2.05, 4.69) is 12.6 Å². The van der Waals surface area contributed by atoms with E-state index in [0.717, 1.165) is 16.0 Å². The van der Waals surface area contributed by atoms with Crippen molar-refractivity contribution in [1.82, 2.24) is 0 Å². The van der Waals surface area contributed by atoms with Gasteiger partial charge in [0.15, 0.2) is 0 Å². The van der Waals surface area contributed by atoms with E-state index in [9.17, 15) is 0 Å². The molecule has 0 aliphatic carbocycles. The minimum atomic E-state index is 0.0870. The standard InChI is InChI=1S/C8H10N2S/c1-5-2-6(8(9)10)4-7(11)3-5/h2-4,11H,1H3,(H3,9,10). The lowest BCUT2D eigenvalue weighted by Crippen LogP contribution is -2.10. The van der Waals surface area contributed by atoms with Crippen LogP contribution >= 0.6 is 12.6 Å². The van der Waals surface area contributed by atoms with Crippen LogP contribution in [-0.2, 0) is 0 Å². The van der Waals surface area contributed by atoms with Crippen molar-refractivity contribution in [2.45, 2.75) is 11.8 Å². The van der Waals surface area contributed by atoms with Crippen LogP contribution in [0.4, 0.5) is 0 Å². The van der Waals surface area contributed by atoms with E-state index in [-0.39, 0.29) is 5.84 Å². The monoisotopic (exact) mass is 166 g/mol. The van der Waals surface area contributed by atoms with Gasteiger partial charge in [0.05, 0.1) is 0 Å². The van der Waals surface area contributed by atoms with Crippen molar-refractivity contribution in [1.29, 1.82) is 5.41 Å². The Hall–Kier alpha value is -0.960. The van der Waals surface area contributed by atoms with E-state index in [1.54, 1.807) is 6.07 Å². The third kappa shape index (κ3) is 1.98. The van der Waals surface area contributed by atoms with E-state index in [1.165, 1.54) is 0 Å². The van der Waals surface area contributed by atoms with Gasteiger partial charge in [-0.1, -0.05) is 0 Å². The molecule has 0 aromatic heterocycles. The molecule has 0 saturated heterocycles. The molecule has 0 amide bonds. The Kier molecular flexibility index (Phi) is 2.19. The van der Waals surface area contributed by atoms with Gasteiger partial charge in [-0.2, -0.15) is 0 Å². The maximum absolute atomic E-state index is 7.17. The topological polar surface area (TPSA) is 49.9 Å². The zero-order valence-electron chi connectivity index (χ0n) is 6.26. The summed E-state index contributed by atoms with van der Waals surface area (Å²) in [6, 6.07) is 5.57. The molecule has 1 rings (SSSR count). The second-order valence-electron chi connectivity index (χ2n) is 2.47. The highest BCUT2D eigenvalue weighted by molar-refractivity contribution is 7.80. The smallest absolute Gasteiger partial charge is 0.122 e. The Labute approximate surface area is 71.3 Å². The molecular weight excluding hydrogens is 156 g/mol. The van der Waals surface area contributed by atoms with Crippen LogP contribution in [0.15, 0.2) is 23.1 Å². The largest absolute Gasteiger partial charge is 0.384 e. The number of hydrogen-bond acceptors (Lipinski definition) is 2. The summed E-state index contributed by atoms with van der Waals surface area (Å²) < 4.78 is 0. The summed E-state index contributed by atoms with van der Waals surface area (Å²) >= 11 is 4.17. The normalized spacial score (nSPS) is 9.64. The summed E-state index contributed by atoms with van der Waals surface area (Å²) in [7, 11) is 0. The molecule has 0 saturated carbocycles. The van der Waals surface area contributed by atoms with Crippen molar-refractivity contribution in [2.24, 2.45) is 5.73 Å². The molecule has 0 atom stereocenters. The summed E-state index contributed by atoms with van der Waals surface area (Å²) in [5, 5.41) is 7.17. The third-order valence-corrected chi connectivity index (χ3v) is 1.63. The molecule has 0 aliphatic heterocycles. The lowest BCUT2D eigenvalue weighted by Gasteiger charge is -2.00. The Morgan fingerprint density at radius 3 is 2.55 bits per heavy atom. The quantitative estimate of drug-likeness (QED) is 0.331. The highest BCUT2D eigenvalue weighted by atomic mass is 32.1. The second kappa shape index (κ2) is 2.96. The molecule has 3 heteroatoms. The lowest BCUT2D eigenvalue weighted by atomic mass is 10.1. The van der Waals surface area contributed by atoms with E-state index in [4.69, 9.17) is 11.1 Å². The summed E-state index contributed by atoms with van der Waals surface area (Å²) in [5.41, 5.74) is 7.10. The fraction of sp³-hybridized carbons (Fsp3) is 0.125. The van der Waals surface area contributed by atoms with Crippen LogP contribution in [0.25, 0.3) is 0 Å². The first-order chi connectivity index (χ1) is 5.09. The Morgan fingerprint density at radius 1 is 1.45 bits per heavy atom. The van der Waals surface area contributed by atoms with Gasteiger partial charge in [-0.05, 0) is 30.7 Å². The molecule has 3 N–H and O–H groups in total. The van der Waals surface area contributed by atoms with E-state index in [0.29, 0.717) is 0 Å². The number of nitrogens with two attached hydrogens (primary N) is 1. The lowest BCUT2D eigenvalue weighted by molar-refractivity contribution is 1.33. The molecular formula is C8H10N2S. The Balaban J connectivity index is 3.19. The number of nitrogens with one attached hydrogen (secondary N) is 1. The SMILES string of the molecule is Cc1cc(S)cc(C(=N)N)c1. The second-order valence-corrected chi connectivity index (χ2v) is 2.99. The fourth-order valence-corrected chi connectivity index (χ4v) is 1.26. The summed E-state index contributed by atoms with van der Waals surface area (Å²) in [6.07, 6.45) is 0. The molecule has 0 unspecified atom stereocenters. The molecule has 0 bridgehead atoms. The number of benzene rings is 1. The van der Waals surface area contributed by atoms with Crippen LogP contribution in [0.1, 0.15) is 11.1 Å². The summed E-state index contributed by atoms with van der Waals surface area (Å²) in [4.78, 5) is 0.843. The van der Waals surface area contributed by atoms with Crippen LogP contribution in [0.5, 0.6) is 0 Å². The minimum Gasteiger partial charge on any atom is -0.384 e. The predicted octanol–water partition coefficient (Wildman–Crippen LogP) is 1.57. The zero-order chi connectivity index (χ0) is 8.43. The van der Waals surface area contributed by atoms with Gasteiger partial charge in [0.25, 0.3) is 0 Å². The van der Waals surface area contributed by atoms with Gasteiger partial charge < -0.3 is 5.73 Å². The van der Waals surface area contributed by atoms with Gasteiger partial charge in [0.2, 0.25) is 0 Å². The van der Waals surface area contributed by atoms with E-state index < -0.39 is 0 Å². The highest BCUT2D eigenvalue weighted by Gasteiger charge is 1.97. The molecule has 0 spiro atoms. The van der Waals surface area contributed by atoms with Crippen LogP contribution in [0.3, 0.4) is 0 Å². The molecule has 0 radical (unpaired) electrons. The van der Waals surface area contributed by atoms with Crippen LogP contribution in [0, 0.1) is 12.3 Å². The number of thiol groups is 1. The number of nitrogen functional groups attached to an aromatic ring is 1. The molecule has 58 valence electrons. The van der Waals surface area contributed by atoms with Gasteiger partial charge in [0, 0.05) is 10.5 Å². The van der Waals surface area contributed by atoms with Gasteiger partial charge in [0.1, 0.15) is 5.84 Å². The Morgan fingerprint density at radius 2 is 2.09 bits per heavy atom. The first-order valence-electron chi connectivity index (χ1n) is 3.24. The summed E-state index contributed by atoms with van der Waals surface area (Å²) in [5.74, 6) is 0.0870. The Bertz CT molecular complexity index is 274. The first-order valence-corrected chi connectivity index (χ1v) is 3.69. The molecule has 1 aromatic carbocycles. The van der Waals surface area contributed by atoms with Crippen molar-refractivity contribution in [3.8, 4) is 0 Å². The molecule has 11 heavy (non-hydrogen) atoms. The highest BCUT2D eigenvalue weighted by Crippen LogP contribution is 2.11. The molecule has 2 nitrogen and oxygen atoms in total. The molecule has 1 aromatic rings. The van der Waals surface area contributed by atoms with Gasteiger partial charge in [-0.3, -0.25) is 5.41 Å². The van der Waals surface area contributed by atoms with Crippen LogP contribution in [-0.4, -0.2) is 5.84 Å². The zero-order valence-corrected chi connectivity index (χ0v) is 7.15. The van der Waals surface area contributed by atoms with Crippen LogP contribution < -0.4 is 5.73 Å². The van der Waals surface area contributed by atoms with Gasteiger partial charge in [-0.15, -0.1) is 12.6 Å². The minimum absolute atomic E-state index is 0.0870. The van der Waals surface area contributed by atoms with Crippen molar-refractivity contribution in [3.63, 3.8) is 0 Å². The predicted molar refractivity (Wildman–Crippen MR) is 49.4 cm³/mol. The van der Waals surface area contributed by atoms with E-state index >= 15 is 0 Å². The molecule has 0 aliphatic rings. The number of rotatable bonds is 1. The third-order valence-electron chi connectivity index (χ3n) is 1.37. The van der Waals surface area contributed by atoms with Crippen molar-refractivity contribution in [2.75, 3.05) is 0 Å². The van der Waals surface area contributed by atoms with Crippen LogP contribution in [0.2, 0.25) is 0 Å². The maximum atomic E-state index is 7.17. The fourth-order valence-electron chi connectivity index (χ4n) is 0.918.